The van der Waals surface area contributed by atoms with E-state index in [1.807, 2.05) is 31.2 Å². The lowest BCUT2D eigenvalue weighted by atomic mass is 9.95. The number of halogens is 2. The third-order valence-corrected chi connectivity index (χ3v) is 4.55. The predicted octanol–water partition coefficient (Wildman–Crippen LogP) is 4.54. The van der Waals surface area contributed by atoms with Crippen LogP contribution in [0.25, 0.3) is 0 Å². The van der Waals surface area contributed by atoms with Gasteiger partial charge in [-0.15, -0.1) is 0 Å². The van der Waals surface area contributed by atoms with Crippen molar-refractivity contribution in [3.8, 4) is 5.75 Å². The van der Waals surface area contributed by atoms with Gasteiger partial charge in [0.15, 0.2) is 0 Å². The topological polar surface area (TPSA) is 29.5 Å². The lowest BCUT2D eigenvalue weighted by Gasteiger charge is -2.17. The Balaban J connectivity index is 2.09. The highest BCUT2D eigenvalue weighted by molar-refractivity contribution is 9.10. The van der Waals surface area contributed by atoms with Crippen molar-refractivity contribution in [2.24, 2.45) is 0 Å². The average Bonchev–Trinajstić information content (AvgIpc) is 2.85. The zero-order valence-corrected chi connectivity index (χ0v) is 14.2. The molecule has 1 atom stereocenters. The van der Waals surface area contributed by atoms with E-state index in [-0.39, 0.29) is 0 Å². The number of aliphatic hydroxyl groups excluding tert-OH is 1. The molecule has 4 heteroatoms. The van der Waals surface area contributed by atoms with Crippen molar-refractivity contribution in [3.05, 3.63) is 61.5 Å². The standard InChI is InChI=1S/C16H14Br2O2/c1-9-6-11(17)2-3-13(9)15(19)14-8-12(18)7-10-4-5-20-16(10)14/h2-3,6-8,15,19H,4-5H2,1H3. The molecule has 104 valence electrons. The number of hydrogen-bond acceptors (Lipinski definition) is 2. The highest BCUT2D eigenvalue weighted by Crippen LogP contribution is 2.39. The fourth-order valence-corrected chi connectivity index (χ4v) is 3.61. The third-order valence-electron chi connectivity index (χ3n) is 3.60. The number of rotatable bonds is 2. The molecule has 0 saturated carbocycles. The molecule has 0 spiro atoms. The van der Waals surface area contributed by atoms with Crippen LogP contribution >= 0.6 is 31.9 Å². The fraction of sp³-hybridized carbons (Fsp3) is 0.250. The zero-order valence-electron chi connectivity index (χ0n) is 11.0. The average molecular weight is 398 g/mol. The predicted molar refractivity (Wildman–Crippen MR) is 86.3 cm³/mol. The van der Waals surface area contributed by atoms with Gasteiger partial charge in [0.05, 0.1) is 6.61 Å². The van der Waals surface area contributed by atoms with Gasteiger partial charge >= 0.3 is 0 Å². The first-order valence-corrected chi connectivity index (χ1v) is 8.04. The lowest BCUT2D eigenvalue weighted by molar-refractivity contribution is 0.213. The van der Waals surface area contributed by atoms with Crippen LogP contribution < -0.4 is 4.74 Å². The number of fused-ring (bicyclic) bond motifs is 1. The molecule has 3 rings (SSSR count). The molecule has 2 aromatic carbocycles. The van der Waals surface area contributed by atoms with E-state index < -0.39 is 6.10 Å². The molecule has 0 saturated heterocycles. The molecular weight excluding hydrogens is 384 g/mol. The first-order chi connectivity index (χ1) is 9.56. The Kier molecular flexibility index (Phi) is 3.89. The van der Waals surface area contributed by atoms with Crippen molar-refractivity contribution >= 4 is 31.9 Å². The number of ether oxygens (including phenoxy) is 1. The Bertz CT molecular complexity index is 668. The lowest BCUT2D eigenvalue weighted by Crippen LogP contribution is -2.04. The first-order valence-electron chi connectivity index (χ1n) is 6.45. The van der Waals surface area contributed by atoms with Crippen LogP contribution in [0.3, 0.4) is 0 Å². The molecule has 1 aliphatic heterocycles. The van der Waals surface area contributed by atoms with E-state index >= 15 is 0 Å². The highest BCUT2D eigenvalue weighted by Gasteiger charge is 2.24. The van der Waals surface area contributed by atoms with Gasteiger partial charge in [-0.1, -0.05) is 37.9 Å². The van der Waals surface area contributed by atoms with Gasteiger partial charge in [-0.25, -0.2) is 0 Å². The van der Waals surface area contributed by atoms with Crippen molar-refractivity contribution < 1.29 is 9.84 Å². The number of benzene rings is 2. The summed E-state index contributed by atoms with van der Waals surface area (Å²) in [4.78, 5) is 0. The van der Waals surface area contributed by atoms with Crippen molar-refractivity contribution in [2.45, 2.75) is 19.4 Å². The monoisotopic (exact) mass is 396 g/mol. The molecule has 1 heterocycles. The Morgan fingerprint density at radius 1 is 1.10 bits per heavy atom. The van der Waals surface area contributed by atoms with Gasteiger partial charge in [0.25, 0.3) is 0 Å². The van der Waals surface area contributed by atoms with Crippen LogP contribution in [0.15, 0.2) is 39.3 Å². The quantitative estimate of drug-likeness (QED) is 0.806. The minimum absolute atomic E-state index is 0.674. The van der Waals surface area contributed by atoms with E-state index in [1.165, 1.54) is 0 Å². The smallest absolute Gasteiger partial charge is 0.128 e. The second-order valence-corrected chi connectivity index (χ2v) is 6.82. The zero-order chi connectivity index (χ0) is 14.3. The summed E-state index contributed by atoms with van der Waals surface area (Å²) in [6, 6.07) is 9.91. The number of aryl methyl sites for hydroxylation is 1. The maximum absolute atomic E-state index is 10.7. The summed E-state index contributed by atoms with van der Waals surface area (Å²) in [7, 11) is 0. The van der Waals surface area contributed by atoms with Crippen LogP contribution in [0.4, 0.5) is 0 Å². The Morgan fingerprint density at radius 3 is 2.65 bits per heavy atom. The second kappa shape index (κ2) is 5.51. The van der Waals surface area contributed by atoms with Gasteiger partial charge in [-0.3, -0.25) is 0 Å². The molecule has 2 aromatic rings. The maximum atomic E-state index is 10.7. The van der Waals surface area contributed by atoms with Crippen LogP contribution in [0, 0.1) is 6.92 Å². The number of aliphatic hydroxyl groups is 1. The summed E-state index contributed by atoms with van der Waals surface area (Å²) in [5.74, 6) is 0.836. The van der Waals surface area contributed by atoms with Gasteiger partial charge in [0, 0.05) is 20.9 Å². The van der Waals surface area contributed by atoms with Crippen LogP contribution in [-0.2, 0) is 6.42 Å². The Hall–Kier alpha value is -0.840. The highest BCUT2D eigenvalue weighted by atomic mass is 79.9. The molecule has 20 heavy (non-hydrogen) atoms. The van der Waals surface area contributed by atoms with Crippen LogP contribution in [0.1, 0.15) is 28.4 Å². The normalized spacial score (nSPS) is 14.8. The van der Waals surface area contributed by atoms with E-state index in [1.54, 1.807) is 0 Å². The SMILES string of the molecule is Cc1cc(Br)ccc1C(O)c1cc(Br)cc2c1OCC2. The van der Waals surface area contributed by atoms with E-state index in [0.29, 0.717) is 6.61 Å². The van der Waals surface area contributed by atoms with Gasteiger partial charge in [0.2, 0.25) is 0 Å². The van der Waals surface area contributed by atoms with Crippen molar-refractivity contribution in [1.29, 1.82) is 0 Å². The van der Waals surface area contributed by atoms with Gasteiger partial charge < -0.3 is 9.84 Å². The summed E-state index contributed by atoms with van der Waals surface area (Å²) in [6.45, 7) is 2.69. The molecule has 0 amide bonds. The second-order valence-electron chi connectivity index (χ2n) is 4.99. The molecule has 1 unspecified atom stereocenters. The largest absolute Gasteiger partial charge is 0.493 e. The minimum atomic E-state index is -0.674. The molecule has 0 aliphatic carbocycles. The van der Waals surface area contributed by atoms with Crippen molar-refractivity contribution in [1.82, 2.24) is 0 Å². The molecular formula is C16H14Br2O2. The first kappa shape index (κ1) is 14.1. The maximum Gasteiger partial charge on any atom is 0.128 e. The van der Waals surface area contributed by atoms with Crippen LogP contribution in [0.5, 0.6) is 5.75 Å². The molecule has 0 aromatic heterocycles. The molecule has 1 N–H and O–H groups in total. The molecule has 0 radical (unpaired) electrons. The molecule has 0 bridgehead atoms. The minimum Gasteiger partial charge on any atom is -0.493 e. The fourth-order valence-electron chi connectivity index (χ4n) is 2.61. The van der Waals surface area contributed by atoms with E-state index in [2.05, 4.69) is 37.9 Å². The molecule has 2 nitrogen and oxygen atoms in total. The molecule has 0 fully saturated rings. The van der Waals surface area contributed by atoms with Crippen LogP contribution in [-0.4, -0.2) is 11.7 Å². The van der Waals surface area contributed by atoms with Crippen molar-refractivity contribution in [2.75, 3.05) is 6.61 Å². The summed E-state index contributed by atoms with van der Waals surface area (Å²) < 4.78 is 7.69. The summed E-state index contributed by atoms with van der Waals surface area (Å²) in [5, 5.41) is 10.7. The van der Waals surface area contributed by atoms with Gasteiger partial charge in [0.1, 0.15) is 11.9 Å². The summed E-state index contributed by atoms with van der Waals surface area (Å²) in [5.41, 5.74) is 3.95. The van der Waals surface area contributed by atoms with Gasteiger partial charge in [-0.2, -0.15) is 0 Å². The van der Waals surface area contributed by atoms with E-state index in [0.717, 1.165) is 43.4 Å². The van der Waals surface area contributed by atoms with Gasteiger partial charge in [-0.05, 0) is 47.9 Å². The Labute approximate surface area is 135 Å². The third kappa shape index (κ3) is 2.52. The van der Waals surface area contributed by atoms with Crippen molar-refractivity contribution in [3.63, 3.8) is 0 Å². The van der Waals surface area contributed by atoms with E-state index in [9.17, 15) is 5.11 Å². The Morgan fingerprint density at radius 2 is 1.90 bits per heavy atom. The molecule has 1 aliphatic rings. The number of hydrogen-bond donors (Lipinski definition) is 1. The summed E-state index contributed by atoms with van der Waals surface area (Å²) >= 11 is 6.96. The van der Waals surface area contributed by atoms with E-state index in [4.69, 9.17) is 4.74 Å². The van der Waals surface area contributed by atoms with Crippen LogP contribution in [0.2, 0.25) is 0 Å². The summed E-state index contributed by atoms with van der Waals surface area (Å²) in [6.07, 6.45) is 0.223.